The smallest absolute Gasteiger partial charge is 0.252 e. The van der Waals surface area contributed by atoms with Gasteiger partial charge in [-0.25, -0.2) is 8.78 Å². The Morgan fingerprint density at radius 2 is 1.56 bits per heavy atom. The summed E-state index contributed by atoms with van der Waals surface area (Å²) in [6, 6.07) is 22.4. The fourth-order valence-corrected chi connectivity index (χ4v) is 8.44. The van der Waals surface area contributed by atoms with Crippen LogP contribution in [0.3, 0.4) is 0 Å². The van der Waals surface area contributed by atoms with Crippen LogP contribution < -0.4 is 0 Å². The molecule has 0 saturated heterocycles. The SMILES string of the molecule is CCC(C)(CC)C(=O)/C=C(\O)C(C)(CC)CC.Cc1c(-c2ccc3c(c2)CC(F)(F)CC3)sc2c(-c3[c-]c4ccccc4c(C(C)(C)C)c3)nccc12.[Ir]. The van der Waals surface area contributed by atoms with Crippen molar-refractivity contribution < 1.29 is 38.8 Å². The Hall–Kier alpha value is -3.25. The molecule has 2 aromatic heterocycles. The largest absolute Gasteiger partial charge is 0.512 e. The van der Waals surface area contributed by atoms with E-state index >= 15 is 0 Å². The predicted octanol–water partition coefficient (Wildman–Crippen LogP) is 14.0. The van der Waals surface area contributed by atoms with Crippen molar-refractivity contribution in [3.63, 3.8) is 0 Å². The summed E-state index contributed by atoms with van der Waals surface area (Å²) in [5.74, 6) is -2.33. The third-order valence-corrected chi connectivity index (χ3v) is 13.3. The molecule has 7 heteroatoms. The number of allylic oxidation sites excluding steroid dienone is 2. The number of aryl methyl sites for hydroxylation is 2. The van der Waals surface area contributed by atoms with E-state index in [-0.39, 0.29) is 60.7 Å². The zero-order valence-corrected chi connectivity index (χ0v) is 36.8. The number of carbonyl (C=O) groups excluding carboxylic acids is 1. The first-order chi connectivity index (χ1) is 24.9. The molecule has 1 N–H and O–H groups in total. The maximum atomic E-state index is 14.1. The average Bonchev–Trinajstić information content (AvgIpc) is 3.48. The van der Waals surface area contributed by atoms with Gasteiger partial charge in [-0.05, 0) is 84.2 Å². The Bertz CT molecular complexity index is 2150. The first-order valence-electron chi connectivity index (χ1n) is 19.2. The molecular weight excluding hydrogens is 873 g/mol. The second-order valence-corrected chi connectivity index (χ2v) is 17.5. The second kappa shape index (κ2) is 16.9. The summed E-state index contributed by atoms with van der Waals surface area (Å²) in [6.45, 7) is 20.9. The number of carbonyl (C=O) groups is 1. The van der Waals surface area contributed by atoms with Crippen LogP contribution in [-0.2, 0) is 43.2 Å². The van der Waals surface area contributed by atoms with Gasteiger partial charge in [-0.1, -0.05) is 104 Å². The van der Waals surface area contributed by atoms with E-state index in [2.05, 4.69) is 76.2 Å². The van der Waals surface area contributed by atoms with Gasteiger partial charge in [-0.15, -0.1) is 40.5 Å². The van der Waals surface area contributed by atoms with Gasteiger partial charge in [-0.2, -0.15) is 0 Å². The van der Waals surface area contributed by atoms with E-state index in [1.165, 1.54) is 17.0 Å². The molecule has 0 amide bonds. The molecule has 6 rings (SSSR count). The Kier molecular flexibility index (Phi) is 13.6. The summed E-state index contributed by atoms with van der Waals surface area (Å²) in [5.41, 5.74) is 6.55. The molecule has 3 aromatic carbocycles. The minimum absolute atomic E-state index is 0. The Morgan fingerprint density at radius 1 is 0.907 bits per heavy atom. The molecule has 291 valence electrons. The van der Waals surface area contributed by atoms with Crippen LogP contribution in [0, 0.1) is 23.8 Å². The van der Waals surface area contributed by atoms with Crippen molar-refractivity contribution in [3.05, 3.63) is 101 Å². The van der Waals surface area contributed by atoms with Crippen molar-refractivity contribution in [2.75, 3.05) is 0 Å². The normalized spacial score (nSPS) is 14.6. The van der Waals surface area contributed by atoms with Gasteiger partial charge in [0.2, 0.25) is 0 Å². The van der Waals surface area contributed by atoms with E-state index in [9.17, 15) is 18.7 Å². The first-order valence-corrected chi connectivity index (χ1v) is 20.0. The molecule has 0 bridgehead atoms. The van der Waals surface area contributed by atoms with Gasteiger partial charge < -0.3 is 5.11 Å². The summed E-state index contributed by atoms with van der Waals surface area (Å²) in [7, 11) is 0. The summed E-state index contributed by atoms with van der Waals surface area (Å²) < 4.78 is 29.4. The second-order valence-electron chi connectivity index (χ2n) is 16.4. The van der Waals surface area contributed by atoms with E-state index in [4.69, 9.17) is 4.98 Å². The molecule has 0 spiro atoms. The summed E-state index contributed by atoms with van der Waals surface area (Å²) in [4.78, 5) is 18.1. The van der Waals surface area contributed by atoms with Crippen LogP contribution in [0.25, 0.3) is 42.6 Å². The fraction of sp³-hybridized carbons (Fsp3) is 0.447. The molecule has 0 unspecified atom stereocenters. The van der Waals surface area contributed by atoms with Crippen molar-refractivity contribution >= 4 is 38.0 Å². The van der Waals surface area contributed by atoms with E-state index in [1.54, 1.807) is 11.3 Å². The van der Waals surface area contributed by atoms with Gasteiger partial charge in [0.1, 0.15) is 5.76 Å². The van der Waals surface area contributed by atoms with Crippen molar-refractivity contribution in [1.82, 2.24) is 4.98 Å². The quantitative estimate of drug-likeness (QED) is 0.0910. The number of aliphatic hydroxyl groups excluding tert-OH is 1. The van der Waals surface area contributed by atoms with Crippen LogP contribution >= 0.6 is 11.3 Å². The van der Waals surface area contributed by atoms with Crippen LogP contribution in [0.5, 0.6) is 0 Å². The van der Waals surface area contributed by atoms with E-state index in [0.717, 1.165) is 79.5 Å². The Morgan fingerprint density at radius 3 is 2.19 bits per heavy atom. The van der Waals surface area contributed by atoms with Crippen molar-refractivity contribution in [3.8, 4) is 21.7 Å². The number of aromatic nitrogens is 1. The predicted molar refractivity (Wildman–Crippen MR) is 220 cm³/mol. The van der Waals surface area contributed by atoms with Gasteiger partial charge in [0, 0.05) is 71.3 Å². The zero-order valence-electron chi connectivity index (χ0n) is 33.6. The van der Waals surface area contributed by atoms with Gasteiger partial charge in [0.05, 0.1) is 0 Å². The fourth-order valence-electron chi connectivity index (χ4n) is 7.14. The molecule has 0 saturated carbocycles. The summed E-state index contributed by atoms with van der Waals surface area (Å²) >= 11 is 1.70. The number of hydrogen-bond donors (Lipinski definition) is 1. The van der Waals surface area contributed by atoms with Crippen LogP contribution in [0.2, 0.25) is 0 Å². The van der Waals surface area contributed by atoms with Gasteiger partial charge >= 0.3 is 0 Å². The molecule has 5 aromatic rings. The Labute approximate surface area is 339 Å². The molecular formula is C47H56F2IrNO2S-. The number of rotatable bonds is 9. The molecule has 54 heavy (non-hydrogen) atoms. The number of aliphatic hydroxyl groups is 1. The number of halogens is 2. The minimum Gasteiger partial charge on any atom is -0.512 e. The monoisotopic (exact) mass is 929 g/mol. The van der Waals surface area contributed by atoms with Crippen molar-refractivity contribution in [1.29, 1.82) is 0 Å². The molecule has 0 atom stereocenters. The number of pyridine rings is 1. The number of alkyl halides is 2. The number of thiophene rings is 1. The van der Waals surface area contributed by atoms with Gasteiger partial charge in [0.25, 0.3) is 5.92 Å². The standard InChI is InChI=1S/C32H28F2NS.C15H28O2.Ir/c1-19-25-12-14-35-28(23-15-21-7-5-6-8-26(21)27(17-23)31(2,3)4)30(25)36-29(19)22-10-9-20-11-13-32(33,34)18-24(20)16-22;1-7-14(5,8-2)12(16)11-13(17)15(6,9-3)10-4;/h5-10,12,14,16-17H,11,13,18H2,1-4H3;11,16H,7-10H2,1-6H3;/q-1;;/b;12-11-;. The first kappa shape index (κ1) is 43.5. The Balaban J connectivity index is 0.000000309. The van der Waals surface area contributed by atoms with E-state index < -0.39 is 5.92 Å². The number of hydrogen-bond acceptors (Lipinski definition) is 4. The van der Waals surface area contributed by atoms with Gasteiger partial charge in [-0.3, -0.25) is 9.78 Å². The van der Waals surface area contributed by atoms with Crippen LogP contribution in [0.15, 0.2) is 72.6 Å². The third-order valence-electron chi connectivity index (χ3n) is 12.0. The number of fused-ring (bicyclic) bond motifs is 3. The van der Waals surface area contributed by atoms with Gasteiger partial charge in [0.15, 0.2) is 5.78 Å². The average molecular weight is 929 g/mol. The maximum absolute atomic E-state index is 14.1. The van der Waals surface area contributed by atoms with Crippen molar-refractivity contribution in [2.45, 2.75) is 126 Å². The van der Waals surface area contributed by atoms with Crippen LogP contribution in [-0.4, -0.2) is 21.8 Å². The molecule has 1 aliphatic rings. The molecule has 1 aliphatic carbocycles. The summed E-state index contributed by atoms with van der Waals surface area (Å²) in [6.07, 6.45) is 6.83. The number of nitrogens with zero attached hydrogens (tertiary/aromatic N) is 1. The van der Waals surface area contributed by atoms with Crippen molar-refractivity contribution in [2.24, 2.45) is 10.8 Å². The topological polar surface area (TPSA) is 50.2 Å². The molecule has 0 aliphatic heterocycles. The number of ketones is 1. The maximum Gasteiger partial charge on any atom is 0.252 e. The number of benzene rings is 3. The molecule has 0 fully saturated rings. The molecule has 2 heterocycles. The van der Waals surface area contributed by atoms with Crippen LogP contribution in [0.1, 0.15) is 117 Å². The van der Waals surface area contributed by atoms with Crippen LogP contribution in [0.4, 0.5) is 8.78 Å². The zero-order chi connectivity index (χ0) is 38.9. The van der Waals surface area contributed by atoms with E-state index in [0.29, 0.717) is 6.42 Å². The summed E-state index contributed by atoms with van der Waals surface area (Å²) in [5, 5.41) is 13.6. The van der Waals surface area contributed by atoms with E-state index in [1.807, 2.05) is 59.9 Å². The molecule has 1 radical (unpaired) electrons. The minimum atomic E-state index is -2.62. The molecule has 3 nitrogen and oxygen atoms in total. The third kappa shape index (κ3) is 8.90.